The highest BCUT2D eigenvalue weighted by atomic mass is 16.5. The monoisotopic (exact) mass is 247 g/mol. The van der Waals surface area contributed by atoms with E-state index in [1.54, 1.807) is 0 Å². The lowest BCUT2D eigenvalue weighted by Crippen LogP contribution is -2.33. The van der Waals surface area contributed by atoms with Crippen molar-refractivity contribution in [1.29, 1.82) is 0 Å². The Labute approximate surface area is 108 Å². The van der Waals surface area contributed by atoms with E-state index in [9.17, 15) is 0 Å². The lowest BCUT2D eigenvalue weighted by atomic mass is 9.86. The molecule has 0 saturated carbocycles. The van der Waals surface area contributed by atoms with Crippen LogP contribution in [0.2, 0.25) is 0 Å². The van der Waals surface area contributed by atoms with Crippen molar-refractivity contribution in [2.24, 2.45) is 5.92 Å². The van der Waals surface area contributed by atoms with E-state index in [0.717, 1.165) is 50.1 Å². The van der Waals surface area contributed by atoms with Gasteiger partial charge in [0.25, 0.3) is 0 Å². The second kappa shape index (κ2) is 5.19. The van der Waals surface area contributed by atoms with Gasteiger partial charge in [-0.2, -0.15) is 0 Å². The second-order valence-electron chi connectivity index (χ2n) is 5.45. The van der Waals surface area contributed by atoms with Crippen LogP contribution in [0.1, 0.15) is 31.2 Å². The summed E-state index contributed by atoms with van der Waals surface area (Å²) in [5.74, 6) is 3.17. The third kappa shape index (κ3) is 2.46. The Morgan fingerprint density at radius 3 is 2.78 bits per heavy atom. The smallest absolute Gasteiger partial charge is 0.161 e. The topological polar surface area (TPSA) is 30.5 Å². The van der Waals surface area contributed by atoms with E-state index in [1.807, 2.05) is 0 Å². The summed E-state index contributed by atoms with van der Waals surface area (Å²) in [6, 6.07) is 6.43. The fourth-order valence-corrected chi connectivity index (χ4v) is 2.84. The summed E-state index contributed by atoms with van der Waals surface area (Å²) in [4.78, 5) is 0. The zero-order valence-electron chi connectivity index (χ0n) is 10.9. The molecule has 0 amide bonds. The molecule has 0 radical (unpaired) electrons. The molecule has 1 aromatic rings. The van der Waals surface area contributed by atoms with Crippen LogP contribution in [0.5, 0.6) is 11.5 Å². The van der Waals surface area contributed by atoms with Crippen molar-refractivity contribution < 1.29 is 9.47 Å². The number of hydrogen-bond acceptors (Lipinski definition) is 3. The summed E-state index contributed by atoms with van der Waals surface area (Å²) < 4.78 is 11.4. The molecule has 2 aliphatic rings. The third-order valence-electron chi connectivity index (χ3n) is 3.81. The molecule has 0 bridgehead atoms. The van der Waals surface area contributed by atoms with Crippen molar-refractivity contribution >= 4 is 0 Å². The van der Waals surface area contributed by atoms with Gasteiger partial charge in [-0.05, 0) is 42.5 Å². The third-order valence-corrected chi connectivity index (χ3v) is 3.81. The molecule has 2 unspecified atom stereocenters. The van der Waals surface area contributed by atoms with Gasteiger partial charge in [0.05, 0.1) is 13.2 Å². The van der Waals surface area contributed by atoms with Gasteiger partial charge in [-0.1, -0.05) is 13.0 Å². The summed E-state index contributed by atoms with van der Waals surface area (Å²) in [5.41, 5.74) is 1.37. The van der Waals surface area contributed by atoms with E-state index < -0.39 is 0 Å². The summed E-state index contributed by atoms with van der Waals surface area (Å²) in [6.07, 6.45) is 2.22. The van der Waals surface area contributed by atoms with E-state index >= 15 is 0 Å². The molecule has 1 saturated heterocycles. The molecule has 3 heteroatoms. The van der Waals surface area contributed by atoms with Crippen molar-refractivity contribution in [3.05, 3.63) is 23.8 Å². The van der Waals surface area contributed by atoms with Crippen molar-refractivity contribution in [3.8, 4) is 11.5 Å². The molecular weight excluding hydrogens is 226 g/mol. The van der Waals surface area contributed by atoms with Gasteiger partial charge < -0.3 is 14.8 Å². The van der Waals surface area contributed by atoms with Crippen LogP contribution in [-0.4, -0.2) is 26.3 Å². The lowest BCUT2D eigenvalue weighted by molar-refractivity contribution is 0.296. The van der Waals surface area contributed by atoms with Crippen LogP contribution < -0.4 is 14.8 Å². The first kappa shape index (κ1) is 11.8. The molecule has 2 heterocycles. The van der Waals surface area contributed by atoms with Crippen molar-refractivity contribution in [2.75, 3.05) is 26.3 Å². The van der Waals surface area contributed by atoms with E-state index in [1.165, 1.54) is 12.0 Å². The molecule has 3 rings (SSSR count). The molecule has 0 aromatic heterocycles. The fourth-order valence-electron chi connectivity index (χ4n) is 2.84. The minimum Gasteiger partial charge on any atom is -0.490 e. The first-order valence-electron chi connectivity index (χ1n) is 6.93. The Balaban J connectivity index is 1.82. The first-order valence-corrected chi connectivity index (χ1v) is 6.93. The molecule has 18 heavy (non-hydrogen) atoms. The Morgan fingerprint density at radius 2 is 1.94 bits per heavy atom. The van der Waals surface area contributed by atoms with Gasteiger partial charge in [-0.25, -0.2) is 0 Å². The maximum atomic E-state index is 5.76. The number of fused-ring (bicyclic) bond motifs is 1. The number of nitrogens with one attached hydrogen (secondary N) is 1. The zero-order chi connectivity index (χ0) is 12.4. The molecule has 1 aromatic carbocycles. The molecule has 98 valence electrons. The largest absolute Gasteiger partial charge is 0.490 e. The Kier molecular flexibility index (Phi) is 3.41. The van der Waals surface area contributed by atoms with E-state index in [2.05, 4.69) is 30.4 Å². The Hall–Kier alpha value is -1.22. The number of piperidine rings is 1. The number of rotatable bonds is 1. The number of benzene rings is 1. The summed E-state index contributed by atoms with van der Waals surface area (Å²) in [7, 11) is 0. The summed E-state index contributed by atoms with van der Waals surface area (Å²) in [5, 5.41) is 3.50. The normalized spacial score (nSPS) is 27.6. The van der Waals surface area contributed by atoms with Gasteiger partial charge in [0.2, 0.25) is 0 Å². The molecule has 2 aliphatic heterocycles. The molecule has 3 nitrogen and oxygen atoms in total. The minimum atomic E-state index is 0.603. The van der Waals surface area contributed by atoms with E-state index in [-0.39, 0.29) is 0 Å². The summed E-state index contributed by atoms with van der Waals surface area (Å²) >= 11 is 0. The molecule has 0 spiro atoms. The second-order valence-corrected chi connectivity index (χ2v) is 5.45. The SMILES string of the molecule is CC1CNCC(c2ccc3c(c2)OCCCO3)C1. The van der Waals surface area contributed by atoms with Gasteiger partial charge >= 0.3 is 0 Å². The van der Waals surface area contributed by atoms with Gasteiger partial charge in [0, 0.05) is 13.0 Å². The van der Waals surface area contributed by atoms with Crippen LogP contribution in [-0.2, 0) is 0 Å². The van der Waals surface area contributed by atoms with Crippen LogP contribution in [0.15, 0.2) is 18.2 Å². The zero-order valence-corrected chi connectivity index (χ0v) is 10.9. The average molecular weight is 247 g/mol. The van der Waals surface area contributed by atoms with Crippen LogP contribution >= 0.6 is 0 Å². The van der Waals surface area contributed by atoms with Crippen molar-refractivity contribution in [3.63, 3.8) is 0 Å². The molecule has 1 N–H and O–H groups in total. The highest BCUT2D eigenvalue weighted by Gasteiger charge is 2.21. The molecule has 0 aliphatic carbocycles. The Bertz CT molecular complexity index is 419. The maximum absolute atomic E-state index is 5.76. The lowest BCUT2D eigenvalue weighted by Gasteiger charge is -2.28. The standard InChI is InChI=1S/C15H21NO2/c1-11-7-13(10-16-9-11)12-3-4-14-15(8-12)18-6-2-5-17-14/h3-4,8,11,13,16H,2,5-7,9-10H2,1H3. The van der Waals surface area contributed by atoms with Crippen LogP contribution in [0.25, 0.3) is 0 Å². The maximum Gasteiger partial charge on any atom is 0.161 e. The van der Waals surface area contributed by atoms with E-state index in [4.69, 9.17) is 9.47 Å². The summed E-state index contributed by atoms with van der Waals surface area (Å²) in [6.45, 7) is 6.04. The molecular formula is C15H21NO2. The van der Waals surface area contributed by atoms with Gasteiger partial charge in [-0.3, -0.25) is 0 Å². The molecule has 2 atom stereocenters. The minimum absolute atomic E-state index is 0.603. The highest BCUT2D eigenvalue weighted by Crippen LogP contribution is 2.35. The Morgan fingerprint density at radius 1 is 1.11 bits per heavy atom. The predicted molar refractivity (Wildman–Crippen MR) is 71.4 cm³/mol. The quantitative estimate of drug-likeness (QED) is 0.827. The van der Waals surface area contributed by atoms with Crippen LogP contribution in [0.4, 0.5) is 0 Å². The van der Waals surface area contributed by atoms with Gasteiger partial charge in [-0.15, -0.1) is 0 Å². The van der Waals surface area contributed by atoms with Crippen molar-refractivity contribution in [2.45, 2.75) is 25.7 Å². The number of hydrogen-bond donors (Lipinski definition) is 1. The predicted octanol–water partition coefficient (Wildman–Crippen LogP) is 2.56. The average Bonchev–Trinajstić information content (AvgIpc) is 2.63. The van der Waals surface area contributed by atoms with Crippen LogP contribution in [0, 0.1) is 5.92 Å². The van der Waals surface area contributed by atoms with Crippen molar-refractivity contribution in [1.82, 2.24) is 5.32 Å². The van der Waals surface area contributed by atoms with E-state index in [0.29, 0.717) is 5.92 Å². The molecule has 1 fully saturated rings. The van der Waals surface area contributed by atoms with Gasteiger partial charge in [0.1, 0.15) is 0 Å². The first-order chi connectivity index (χ1) is 8.83. The fraction of sp³-hybridized carbons (Fsp3) is 0.600. The highest BCUT2D eigenvalue weighted by molar-refractivity contribution is 5.44. The van der Waals surface area contributed by atoms with Crippen LogP contribution in [0.3, 0.4) is 0 Å². The number of ether oxygens (including phenoxy) is 2. The van der Waals surface area contributed by atoms with Gasteiger partial charge in [0.15, 0.2) is 11.5 Å².